The van der Waals surface area contributed by atoms with Gasteiger partial charge in [-0.05, 0) is 24.1 Å². The molecule has 1 aromatic rings. The van der Waals surface area contributed by atoms with Crippen molar-refractivity contribution >= 4 is 5.69 Å². The number of hydrogen-bond donors (Lipinski definition) is 1. The van der Waals surface area contributed by atoms with Crippen LogP contribution in [-0.2, 0) is 0 Å². The van der Waals surface area contributed by atoms with Crippen molar-refractivity contribution in [1.29, 1.82) is 0 Å². The van der Waals surface area contributed by atoms with Gasteiger partial charge in [-0.1, -0.05) is 13.8 Å². The van der Waals surface area contributed by atoms with Crippen molar-refractivity contribution in [1.82, 2.24) is 0 Å². The van der Waals surface area contributed by atoms with Gasteiger partial charge in [0.15, 0.2) is 11.6 Å². The summed E-state index contributed by atoms with van der Waals surface area (Å²) in [6.45, 7) is 5.29. The SMILES string of the molecule is CN(CC(C)(C)CN)c1ccc(F)c(F)c1. The fraction of sp³-hybridized carbons (Fsp3) is 0.500. The van der Waals surface area contributed by atoms with E-state index in [1.165, 1.54) is 6.07 Å². The molecule has 2 nitrogen and oxygen atoms in total. The van der Waals surface area contributed by atoms with Crippen LogP contribution in [0.4, 0.5) is 14.5 Å². The average molecular weight is 228 g/mol. The van der Waals surface area contributed by atoms with E-state index >= 15 is 0 Å². The Kier molecular flexibility index (Phi) is 3.86. The third-order valence-electron chi connectivity index (χ3n) is 2.56. The Morgan fingerprint density at radius 3 is 2.38 bits per heavy atom. The molecule has 1 rings (SSSR count). The number of nitrogens with two attached hydrogens (primary N) is 1. The minimum atomic E-state index is -0.824. The van der Waals surface area contributed by atoms with Crippen LogP contribution in [0.15, 0.2) is 18.2 Å². The van der Waals surface area contributed by atoms with E-state index in [0.717, 1.165) is 6.07 Å². The molecule has 4 heteroatoms. The van der Waals surface area contributed by atoms with Crippen LogP contribution in [0.3, 0.4) is 0 Å². The minimum absolute atomic E-state index is 0.0559. The smallest absolute Gasteiger partial charge is 0.160 e. The molecule has 0 saturated carbocycles. The number of hydrogen-bond acceptors (Lipinski definition) is 2. The molecule has 1 aromatic carbocycles. The second-order valence-electron chi connectivity index (χ2n) is 4.82. The highest BCUT2D eigenvalue weighted by Crippen LogP contribution is 2.21. The van der Waals surface area contributed by atoms with Gasteiger partial charge >= 0.3 is 0 Å². The van der Waals surface area contributed by atoms with Crippen molar-refractivity contribution in [2.75, 3.05) is 25.0 Å². The predicted molar refractivity (Wildman–Crippen MR) is 62.5 cm³/mol. The van der Waals surface area contributed by atoms with Crippen LogP contribution in [0, 0.1) is 17.0 Å². The van der Waals surface area contributed by atoms with E-state index in [1.807, 2.05) is 25.8 Å². The van der Waals surface area contributed by atoms with Crippen LogP contribution in [0.5, 0.6) is 0 Å². The zero-order valence-corrected chi connectivity index (χ0v) is 9.93. The fourth-order valence-corrected chi connectivity index (χ4v) is 1.52. The minimum Gasteiger partial charge on any atom is -0.374 e. The van der Waals surface area contributed by atoms with Gasteiger partial charge in [-0.3, -0.25) is 0 Å². The van der Waals surface area contributed by atoms with Crippen molar-refractivity contribution in [2.24, 2.45) is 11.1 Å². The number of halogens is 2. The first kappa shape index (κ1) is 12.9. The third-order valence-corrected chi connectivity index (χ3v) is 2.56. The number of benzene rings is 1. The predicted octanol–water partition coefficient (Wildman–Crippen LogP) is 2.39. The summed E-state index contributed by atoms with van der Waals surface area (Å²) < 4.78 is 25.8. The monoisotopic (exact) mass is 228 g/mol. The summed E-state index contributed by atoms with van der Waals surface area (Å²) in [5, 5.41) is 0. The highest BCUT2D eigenvalue weighted by Gasteiger charge is 2.18. The Morgan fingerprint density at radius 2 is 1.88 bits per heavy atom. The van der Waals surface area contributed by atoms with Crippen LogP contribution in [0.25, 0.3) is 0 Å². The van der Waals surface area contributed by atoms with Crippen LogP contribution < -0.4 is 10.6 Å². The Labute approximate surface area is 95.1 Å². The van der Waals surface area contributed by atoms with Gasteiger partial charge in [-0.15, -0.1) is 0 Å². The summed E-state index contributed by atoms with van der Waals surface area (Å²) in [6, 6.07) is 3.89. The first-order valence-electron chi connectivity index (χ1n) is 5.22. The maximum absolute atomic E-state index is 13.0. The number of rotatable bonds is 4. The van der Waals surface area contributed by atoms with Gasteiger partial charge < -0.3 is 10.6 Å². The number of nitrogens with zero attached hydrogens (tertiary/aromatic N) is 1. The molecule has 0 aliphatic rings. The largest absolute Gasteiger partial charge is 0.374 e. The molecule has 90 valence electrons. The maximum Gasteiger partial charge on any atom is 0.160 e. The lowest BCUT2D eigenvalue weighted by Crippen LogP contribution is -2.36. The second-order valence-corrected chi connectivity index (χ2v) is 4.82. The van der Waals surface area contributed by atoms with Crippen LogP contribution in [-0.4, -0.2) is 20.1 Å². The van der Waals surface area contributed by atoms with Crippen molar-refractivity contribution in [3.63, 3.8) is 0 Å². The lowest BCUT2D eigenvalue weighted by Gasteiger charge is -2.30. The fourth-order valence-electron chi connectivity index (χ4n) is 1.52. The highest BCUT2D eigenvalue weighted by molar-refractivity contribution is 5.46. The molecule has 0 unspecified atom stereocenters. The molecular weight excluding hydrogens is 210 g/mol. The Morgan fingerprint density at radius 1 is 1.25 bits per heavy atom. The van der Waals surface area contributed by atoms with Crippen molar-refractivity contribution < 1.29 is 8.78 Å². The van der Waals surface area contributed by atoms with Crippen LogP contribution in [0.2, 0.25) is 0 Å². The third kappa shape index (κ3) is 3.17. The van der Waals surface area contributed by atoms with Gasteiger partial charge in [-0.25, -0.2) is 8.78 Å². The van der Waals surface area contributed by atoms with E-state index in [1.54, 1.807) is 6.07 Å². The van der Waals surface area contributed by atoms with E-state index in [0.29, 0.717) is 18.8 Å². The van der Waals surface area contributed by atoms with Gasteiger partial charge in [0.25, 0.3) is 0 Å². The molecular formula is C12H18F2N2. The summed E-state index contributed by atoms with van der Waals surface area (Å²) in [5.74, 6) is -1.65. The molecule has 0 atom stereocenters. The van der Waals surface area contributed by atoms with Gasteiger partial charge in [0.1, 0.15) is 0 Å². The van der Waals surface area contributed by atoms with Crippen LogP contribution >= 0.6 is 0 Å². The molecule has 0 aliphatic heterocycles. The standard InChI is InChI=1S/C12H18F2N2/c1-12(2,7-15)8-16(3)9-4-5-10(13)11(14)6-9/h4-6H,7-8,15H2,1-3H3. The van der Waals surface area contributed by atoms with Crippen molar-refractivity contribution in [2.45, 2.75) is 13.8 Å². The summed E-state index contributed by atoms with van der Waals surface area (Å²) in [7, 11) is 1.84. The second kappa shape index (κ2) is 4.78. The molecule has 16 heavy (non-hydrogen) atoms. The highest BCUT2D eigenvalue weighted by atomic mass is 19.2. The van der Waals surface area contributed by atoms with Crippen molar-refractivity contribution in [3.8, 4) is 0 Å². The zero-order valence-electron chi connectivity index (χ0n) is 9.93. The van der Waals surface area contributed by atoms with Gasteiger partial charge in [0, 0.05) is 25.3 Å². The zero-order chi connectivity index (χ0) is 12.3. The van der Waals surface area contributed by atoms with E-state index in [2.05, 4.69) is 0 Å². The lowest BCUT2D eigenvalue weighted by atomic mass is 9.93. The van der Waals surface area contributed by atoms with Gasteiger partial charge in [-0.2, -0.15) is 0 Å². The molecule has 0 heterocycles. The first-order chi connectivity index (χ1) is 7.35. The first-order valence-corrected chi connectivity index (χ1v) is 5.22. The molecule has 0 spiro atoms. The molecule has 0 radical (unpaired) electrons. The summed E-state index contributed by atoms with van der Waals surface area (Å²) in [5.41, 5.74) is 6.22. The molecule has 0 amide bonds. The maximum atomic E-state index is 13.0. The normalized spacial score (nSPS) is 11.6. The molecule has 0 aliphatic carbocycles. The quantitative estimate of drug-likeness (QED) is 0.857. The van der Waals surface area contributed by atoms with E-state index in [9.17, 15) is 8.78 Å². The lowest BCUT2D eigenvalue weighted by molar-refractivity contribution is 0.385. The Bertz CT molecular complexity index is 364. The summed E-state index contributed by atoms with van der Waals surface area (Å²) in [6.07, 6.45) is 0. The molecule has 2 N–H and O–H groups in total. The van der Waals surface area contributed by atoms with Crippen molar-refractivity contribution in [3.05, 3.63) is 29.8 Å². The topological polar surface area (TPSA) is 29.3 Å². The van der Waals surface area contributed by atoms with Crippen LogP contribution in [0.1, 0.15) is 13.8 Å². The van der Waals surface area contributed by atoms with E-state index in [-0.39, 0.29) is 5.41 Å². The summed E-state index contributed by atoms with van der Waals surface area (Å²) >= 11 is 0. The van der Waals surface area contributed by atoms with E-state index in [4.69, 9.17) is 5.73 Å². The van der Waals surface area contributed by atoms with E-state index < -0.39 is 11.6 Å². The Hall–Kier alpha value is -1.16. The molecule has 0 bridgehead atoms. The Balaban J connectivity index is 2.81. The molecule has 0 fully saturated rings. The molecule has 0 saturated heterocycles. The average Bonchev–Trinajstić information content (AvgIpc) is 2.21. The molecule has 0 aromatic heterocycles. The van der Waals surface area contributed by atoms with Gasteiger partial charge in [0.05, 0.1) is 0 Å². The number of anilines is 1. The summed E-state index contributed by atoms with van der Waals surface area (Å²) in [4.78, 5) is 1.87. The van der Waals surface area contributed by atoms with Gasteiger partial charge in [0.2, 0.25) is 0 Å².